The molecule has 208 valence electrons. The Morgan fingerprint density at radius 2 is 1.82 bits per heavy atom. The highest BCUT2D eigenvalue weighted by Crippen LogP contribution is 2.40. The van der Waals surface area contributed by atoms with E-state index in [0.717, 1.165) is 16.9 Å². The molecule has 0 aliphatic carbocycles. The van der Waals surface area contributed by atoms with Crippen molar-refractivity contribution in [2.75, 3.05) is 24.7 Å². The monoisotopic (exact) mass is 544 g/mol. The highest BCUT2D eigenvalue weighted by atomic mass is 19.1. The second kappa shape index (κ2) is 10.8. The third kappa shape index (κ3) is 4.74. The van der Waals surface area contributed by atoms with Crippen LogP contribution in [-0.2, 0) is 4.79 Å². The third-order valence-electron chi connectivity index (χ3n) is 7.63. The lowest BCUT2D eigenvalue weighted by Gasteiger charge is -2.46. The van der Waals surface area contributed by atoms with Crippen LogP contribution < -0.4 is 4.90 Å². The average molecular weight is 545 g/mol. The van der Waals surface area contributed by atoms with Crippen LogP contribution in [0.5, 0.6) is 0 Å². The van der Waals surface area contributed by atoms with E-state index in [1.165, 1.54) is 24.3 Å². The lowest BCUT2D eigenvalue weighted by Crippen LogP contribution is -2.59. The molecule has 1 saturated heterocycles. The van der Waals surface area contributed by atoms with E-state index >= 15 is 4.39 Å². The summed E-state index contributed by atoms with van der Waals surface area (Å²) in [4.78, 5) is 32.7. The first-order valence-corrected chi connectivity index (χ1v) is 13.5. The van der Waals surface area contributed by atoms with Crippen LogP contribution in [-0.4, -0.2) is 63.4 Å². The summed E-state index contributed by atoms with van der Waals surface area (Å²) < 4.78 is 30.6. The van der Waals surface area contributed by atoms with Crippen molar-refractivity contribution < 1.29 is 13.6 Å². The number of aliphatic imine (C=N–C) groups is 1. The Hall–Kier alpha value is -4.14. The molecule has 2 atom stereocenters. The molecule has 0 unspecified atom stereocenters. The van der Waals surface area contributed by atoms with Gasteiger partial charge in [0.15, 0.2) is 0 Å². The summed E-state index contributed by atoms with van der Waals surface area (Å²) in [7, 11) is 0. The number of amidine groups is 1. The van der Waals surface area contributed by atoms with Gasteiger partial charge >= 0.3 is 0 Å². The van der Waals surface area contributed by atoms with Crippen molar-refractivity contribution >= 4 is 23.2 Å². The first-order valence-electron chi connectivity index (χ1n) is 13.5. The van der Waals surface area contributed by atoms with Gasteiger partial charge in [-0.3, -0.25) is 9.78 Å². The number of fused-ring (bicyclic) bond motifs is 1. The van der Waals surface area contributed by atoms with Crippen molar-refractivity contribution in [1.29, 1.82) is 0 Å². The number of carbonyl (C=O) groups excluding carboxylic acids is 1. The summed E-state index contributed by atoms with van der Waals surface area (Å²) in [5, 5.41) is 0. The molecule has 9 heteroatoms. The first-order chi connectivity index (χ1) is 19.1. The zero-order chi connectivity index (χ0) is 28.7. The summed E-state index contributed by atoms with van der Waals surface area (Å²) in [6, 6.07) is 9.22. The Bertz CT molecular complexity index is 1500. The number of carbonyl (C=O) groups is 1. The standard InChI is InChI=1S/C31H34F2N6O/c1-7-26(40)37-15-21(6)38(16-20(37)5)30-23-14-25(33)28(22-10-8-9-11-24(22)32)36-31(23)39(17-35-30)29-19(4)12-13-34-27(29)18(2)3/h7-14,18,20-21H,1,15-17H2,2-6H3/t20-,21+/m1/s1. The Kier molecular flexibility index (Phi) is 7.40. The van der Waals surface area contributed by atoms with Crippen LogP contribution in [0, 0.1) is 18.6 Å². The van der Waals surface area contributed by atoms with E-state index in [9.17, 15) is 9.18 Å². The number of aryl methyl sites for hydroxylation is 1. The van der Waals surface area contributed by atoms with Crippen molar-refractivity contribution in [3.05, 3.63) is 83.7 Å². The Balaban J connectivity index is 1.67. The van der Waals surface area contributed by atoms with Gasteiger partial charge in [-0.1, -0.05) is 32.6 Å². The molecule has 0 radical (unpaired) electrons. The molecule has 4 heterocycles. The highest BCUT2D eigenvalue weighted by Gasteiger charge is 2.37. The molecule has 0 spiro atoms. The number of hydrogen-bond acceptors (Lipinski definition) is 6. The van der Waals surface area contributed by atoms with E-state index in [1.807, 2.05) is 31.7 Å². The summed E-state index contributed by atoms with van der Waals surface area (Å²) in [5.74, 6) is -0.0803. The van der Waals surface area contributed by atoms with Crippen LogP contribution in [0.1, 0.15) is 50.4 Å². The second-order valence-electron chi connectivity index (χ2n) is 10.8. The number of anilines is 2. The van der Waals surface area contributed by atoms with Crippen molar-refractivity contribution in [1.82, 2.24) is 19.8 Å². The minimum Gasteiger partial charge on any atom is -0.350 e. The van der Waals surface area contributed by atoms with Crippen LogP contribution >= 0.6 is 0 Å². The van der Waals surface area contributed by atoms with Gasteiger partial charge in [0.1, 0.15) is 35.7 Å². The number of pyridine rings is 2. The van der Waals surface area contributed by atoms with E-state index in [0.29, 0.717) is 30.3 Å². The van der Waals surface area contributed by atoms with Gasteiger partial charge in [0.2, 0.25) is 5.91 Å². The maximum atomic E-state index is 15.8. The fourth-order valence-electron chi connectivity index (χ4n) is 5.59. The molecule has 40 heavy (non-hydrogen) atoms. The molecule has 5 rings (SSSR count). The Labute approximate surface area is 233 Å². The van der Waals surface area contributed by atoms with E-state index in [2.05, 4.69) is 30.3 Å². The molecule has 1 amide bonds. The van der Waals surface area contributed by atoms with E-state index in [4.69, 9.17) is 9.98 Å². The molecule has 2 aliphatic rings. The molecule has 1 aromatic carbocycles. The molecule has 3 aromatic rings. The normalized spacial score (nSPS) is 19.0. The topological polar surface area (TPSA) is 64.9 Å². The van der Waals surface area contributed by atoms with Crippen LogP contribution in [0.4, 0.5) is 20.3 Å². The SMILES string of the molecule is C=CC(=O)N1C[C@H](C)N(C2=NCN(c3c(C)ccnc3C(C)C)c3nc(-c4ccccc4F)c(F)cc32)C[C@H]1C. The number of nitrogens with zero attached hydrogens (tertiary/aromatic N) is 6. The fraction of sp³-hybridized carbons (Fsp3) is 0.355. The van der Waals surface area contributed by atoms with Gasteiger partial charge in [0.05, 0.1) is 16.9 Å². The predicted molar refractivity (Wildman–Crippen MR) is 154 cm³/mol. The number of halogens is 2. The third-order valence-corrected chi connectivity index (χ3v) is 7.63. The predicted octanol–water partition coefficient (Wildman–Crippen LogP) is 5.82. The van der Waals surface area contributed by atoms with Gasteiger partial charge in [0.25, 0.3) is 0 Å². The average Bonchev–Trinajstić information content (AvgIpc) is 2.93. The van der Waals surface area contributed by atoms with Crippen LogP contribution in [0.25, 0.3) is 11.3 Å². The highest BCUT2D eigenvalue weighted by molar-refractivity contribution is 6.06. The van der Waals surface area contributed by atoms with Crippen molar-refractivity contribution in [3.63, 3.8) is 0 Å². The molecule has 7 nitrogen and oxygen atoms in total. The molecule has 1 fully saturated rings. The number of aromatic nitrogens is 2. The maximum absolute atomic E-state index is 15.8. The minimum atomic E-state index is -0.633. The summed E-state index contributed by atoms with van der Waals surface area (Å²) in [6.07, 6.45) is 3.11. The van der Waals surface area contributed by atoms with Crippen LogP contribution in [0.3, 0.4) is 0 Å². The van der Waals surface area contributed by atoms with Gasteiger partial charge in [0, 0.05) is 36.9 Å². The van der Waals surface area contributed by atoms with Gasteiger partial charge in [-0.2, -0.15) is 0 Å². The molecule has 0 saturated carbocycles. The number of rotatable bonds is 4. The molecule has 0 N–H and O–H groups in total. The zero-order valence-corrected chi connectivity index (χ0v) is 23.5. The maximum Gasteiger partial charge on any atom is 0.246 e. The van der Waals surface area contributed by atoms with Gasteiger partial charge in [-0.25, -0.2) is 18.8 Å². The van der Waals surface area contributed by atoms with Crippen molar-refractivity contribution in [2.24, 2.45) is 4.99 Å². The number of piperazine rings is 1. The lowest BCUT2D eigenvalue weighted by molar-refractivity contribution is -0.130. The fourth-order valence-corrected chi connectivity index (χ4v) is 5.59. The molecule has 2 aliphatic heterocycles. The minimum absolute atomic E-state index is 0.0569. The molecule has 0 bridgehead atoms. The second-order valence-corrected chi connectivity index (χ2v) is 10.8. The van der Waals surface area contributed by atoms with Gasteiger partial charge < -0.3 is 14.7 Å². The van der Waals surface area contributed by atoms with Gasteiger partial charge in [-0.15, -0.1) is 0 Å². The van der Waals surface area contributed by atoms with E-state index in [1.54, 1.807) is 23.2 Å². The summed E-state index contributed by atoms with van der Waals surface area (Å²) in [5.41, 5.74) is 3.28. The molecule has 2 aromatic heterocycles. The number of benzene rings is 1. The quantitative estimate of drug-likeness (QED) is 0.388. The lowest BCUT2D eigenvalue weighted by atomic mass is 10.0. The van der Waals surface area contributed by atoms with E-state index < -0.39 is 11.6 Å². The largest absolute Gasteiger partial charge is 0.350 e. The Morgan fingerprint density at radius 3 is 2.52 bits per heavy atom. The number of amides is 1. The molecular formula is C31H34F2N6O. The summed E-state index contributed by atoms with van der Waals surface area (Å²) in [6.45, 7) is 15.0. The van der Waals surface area contributed by atoms with Crippen LogP contribution in [0.15, 0.2) is 60.2 Å². The van der Waals surface area contributed by atoms with Gasteiger partial charge in [-0.05, 0) is 62.6 Å². The van der Waals surface area contributed by atoms with Crippen LogP contribution in [0.2, 0.25) is 0 Å². The summed E-state index contributed by atoms with van der Waals surface area (Å²) >= 11 is 0. The molecular weight excluding hydrogens is 510 g/mol. The number of hydrogen-bond donors (Lipinski definition) is 0. The smallest absolute Gasteiger partial charge is 0.246 e. The van der Waals surface area contributed by atoms with Crippen molar-refractivity contribution in [3.8, 4) is 11.3 Å². The Morgan fingerprint density at radius 1 is 1.07 bits per heavy atom. The zero-order valence-electron chi connectivity index (χ0n) is 23.5. The first kappa shape index (κ1) is 27.4. The van der Waals surface area contributed by atoms with E-state index in [-0.39, 0.29) is 41.8 Å². The van der Waals surface area contributed by atoms with Crippen molar-refractivity contribution in [2.45, 2.75) is 52.6 Å².